The zero-order valence-corrected chi connectivity index (χ0v) is 16.5. The van der Waals surface area contributed by atoms with E-state index in [9.17, 15) is 0 Å². The quantitative estimate of drug-likeness (QED) is 0.442. The first-order valence-corrected chi connectivity index (χ1v) is 9.97. The fourth-order valence-electron chi connectivity index (χ4n) is 3.38. The third-order valence-electron chi connectivity index (χ3n) is 4.88. The summed E-state index contributed by atoms with van der Waals surface area (Å²) in [5.74, 6) is 1.68. The third kappa shape index (κ3) is 4.52. The molecule has 0 aromatic heterocycles. The van der Waals surface area contributed by atoms with Crippen LogP contribution in [0.1, 0.15) is 16.7 Å². The van der Waals surface area contributed by atoms with Crippen LogP contribution < -0.4 is 9.47 Å². The van der Waals surface area contributed by atoms with Gasteiger partial charge in [-0.1, -0.05) is 54.7 Å². The number of hydrogen-bond acceptors (Lipinski definition) is 3. The summed E-state index contributed by atoms with van der Waals surface area (Å²) in [6, 6.07) is 26.4. The zero-order chi connectivity index (χ0) is 19.2. The molecule has 28 heavy (non-hydrogen) atoms. The number of para-hydroxylation sites is 1. The van der Waals surface area contributed by atoms with E-state index in [0.29, 0.717) is 13.2 Å². The predicted octanol–water partition coefficient (Wildman–Crippen LogP) is 4.88. The molecule has 4 heteroatoms. The highest BCUT2D eigenvalue weighted by Gasteiger charge is 2.18. The van der Waals surface area contributed by atoms with E-state index < -0.39 is 0 Å². The van der Waals surface area contributed by atoms with Crippen LogP contribution in [0.5, 0.6) is 11.5 Å². The highest BCUT2D eigenvalue weighted by Crippen LogP contribution is 2.22. The Bertz CT molecular complexity index is 925. The summed E-state index contributed by atoms with van der Waals surface area (Å²) < 4.78 is 11.4. The van der Waals surface area contributed by atoms with Crippen molar-refractivity contribution in [3.05, 3.63) is 95.6 Å². The molecule has 3 nitrogen and oxygen atoms in total. The highest BCUT2D eigenvalue weighted by molar-refractivity contribution is 7.80. The van der Waals surface area contributed by atoms with Gasteiger partial charge in [-0.3, -0.25) is 0 Å². The maximum absolute atomic E-state index is 5.77. The number of hydrogen-bond donors (Lipinski definition) is 0. The van der Waals surface area contributed by atoms with Crippen molar-refractivity contribution < 1.29 is 9.47 Å². The van der Waals surface area contributed by atoms with Gasteiger partial charge < -0.3 is 14.4 Å². The second kappa shape index (κ2) is 8.89. The van der Waals surface area contributed by atoms with Gasteiger partial charge in [0.25, 0.3) is 0 Å². The molecule has 0 radical (unpaired) electrons. The number of fused-ring (bicyclic) bond motifs is 1. The van der Waals surface area contributed by atoms with E-state index >= 15 is 0 Å². The van der Waals surface area contributed by atoms with Crippen molar-refractivity contribution in [2.45, 2.75) is 13.0 Å². The average Bonchev–Trinajstić information content (AvgIpc) is 2.77. The third-order valence-corrected chi connectivity index (χ3v) is 5.38. The Morgan fingerprint density at radius 1 is 0.750 bits per heavy atom. The topological polar surface area (TPSA) is 21.7 Å². The molecule has 3 aromatic carbocycles. The number of nitrogens with zero attached hydrogens (tertiary/aromatic N) is 1. The Morgan fingerprint density at radius 3 is 2.07 bits per heavy atom. The minimum Gasteiger partial charge on any atom is -0.490 e. The molecule has 0 unspecified atom stereocenters. The molecule has 0 atom stereocenters. The van der Waals surface area contributed by atoms with E-state index in [1.165, 1.54) is 11.1 Å². The number of rotatable bonds is 6. The smallest absolute Gasteiger partial charge is 0.122 e. The van der Waals surface area contributed by atoms with Gasteiger partial charge in [0.05, 0.1) is 0 Å². The lowest BCUT2D eigenvalue weighted by molar-refractivity contribution is 0.217. The monoisotopic (exact) mass is 389 g/mol. The van der Waals surface area contributed by atoms with Gasteiger partial charge in [0.15, 0.2) is 0 Å². The normalized spacial score (nSPS) is 12.9. The predicted molar refractivity (Wildman–Crippen MR) is 116 cm³/mol. The lowest BCUT2D eigenvalue weighted by atomic mass is 9.99. The van der Waals surface area contributed by atoms with Crippen molar-refractivity contribution in [2.24, 2.45) is 0 Å². The van der Waals surface area contributed by atoms with Gasteiger partial charge in [-0.05, 0) is 53.9 Å². The van der Waals surface area contributed by atoms with E-state index in [4.69, 9.17) is 21.7 Å². The molecule has 0 bridgehead atoms. The Labute approximate surface area is 171 Å². The molecule has 0 spiro atoms. The molecule has 0 amide bonds. The number of benzene rings is 3. The van der Waals surface area contributed by atoms with Crippen molar-refractivity contribution >= 4 is 17.2 Å². The summed E-state index contributed by atoms with van der Waals surface area (Å²) in [6.07, 6.45) is 1.04. The van der Waals surface area contributed by atoms with Crippen LogP contribution in [0, 0.1) is 0 Å². The van der Waals surface area contributed by atoms with E-state index in [-0.39, 0.29) is 0 Å². The van der Waals surface area contributed by atoms with Gasteiger partial charge in [0, 0.05) is 18.7 Å². The van der Waals surface area contributed by atoms with Crippen molar-refractivity contribution in [1.82, 2.24) is 4.90 Å². The van der Waals surface area contributed by atoms with Crippen LogP contribution in [0.3, 0.4) is 0 Å². The molecule has 0 saturated heterocycles. The minimum absolute atomic E-state index is 0.502. The van der Waals surface area contributed by atoms with Gasteiger partial charge in [0.2, 0.25) is 0 Å². The molecule has 142 valence electrons. The molecule has 1 aliphatic rings. The van der Waals surface area contributed by atoms with Crippen molar-refractivity contribution in [3.8, 4) is 11.5 Å². The van der Waals surface area contributed by atoms with Gasteiger partial charge >= 0.3 is 0 Å². The van der Waals surface area contributed by atoms with E-state index in [1.807, 2.05) is 54.6 Å². The van der Waals surface area contributed by atoms with E-state index in [1.54, 1.807) is 0 Å². The molecule has 0 aliphatic carbocycles. The molecule has 3 aromatic rings. The maximum Gasteiger partial charge on any atom is 0.122 e. The van der Waals surface area contributed by atoms with Gasteiger partial charge in [-0.2, -0.15) is 0 Å². The molecule has 0 fully saturated rings. The second-order valence-corrected chi connectivity index (χ2v) is 7.17. The van der Waals surface area contributed by atoms with E-state index in [0.717, 1.165) is 41.6 Å². The van der Waals surface area contributed by atoms with Crippen LogP contribution in [-0.4, -0.2) is 29.6 Å². The summed E-state index contributed by atoms with van der Waals surface area (Å²) in [4.78, 5) is 3.18. The Morgan fingerprint density at radius 2 is 1.36 bits per heavy atom. The van der Waals surface area contributed by atoms with Crippen LogP contribution in [0.15, 0.2) is 78.9 Å². The first-order valence-electron chi connectivity index (χ1n) is 9.56. The molecular formula is C24H23NO2S. The van der Waals surface area contributed by atoms with Crippen molar-refractivity contribution in [1.29, 1.82) is 0 Å². The van der Waals surface area contributed by atoms with Gasteiger partial charge in [0.1, 0.15) is 29.7 Å². The molecule has 0 saturated carbocycles. The van der Waals surface area contributed by atoms with Gasteiger partial charge in [-0.15, -0.1) is 0 Å². The first-order chi connectivity index (χ1) is 13.8. The van der Waals surface area contributed by atoms with Crippen LogP contribution >= 0.6 is 12.2 Å². The Hall–Kier alpha value is -2.85. The average molecular weight is 390 g/mol. The standard InChI is InChI=1S/C24H23NO2S/c28-24(25-15-14-19-6-4-5-7-21(19)18-25)20-10-12-23(13-11-20)27-17-16-26-22-8-2-1-3-9-22/h1-13H,14-18H2. The molecule has 0 N–H and O–H groups in total. The van der Waals surface area contributed by atoms with Crippen LogP contribution in [0.4, 0.5) is 0 Å². The van der Waals surface area contributed by atoms with E-state index in [2.05, 4.69) is 29.2 Å². The van der Waals surface area contributed by atoms with Gasteiger partial charge in [-0.25, -0.2) is 0 Å². The van der Waals surface area contributed by atoms with Crippen LogP contribution in [0.25, 0.3) is 0 Å². The molecular weight excluding hydrogens is 366 g/mol. The van der Waals surface area contributed by atoms with Crippen molar-refractivity contribution in [2.75, 3.05) is 19.8 Å². The second-order valence-electron chi connectivity index (χ2n) is 6.78. The molecule has 4 rings (SSSR count). The minimum atomic E-state index is 0.502. The lowest BCUT2D eigenvalue weighted by Crippen LogP contribution is -2.35. The number of ether oxygens (including phenoxy) is 2. The fraction of sp³-hybridized carbons (Fsp3) is 0.208. The largest absolute Gasteiger partial charge is 0.490 e. The highest BCUT2D eigenvalue weighted by atomic mass is 32.1. The summed E-state index contributed by atoms with van der Waals surface area (Å²) in [7, 11) is 0. The summed E-state index contributed by atoms with van der Waals surface area (Å²) in [5, 5.41) is 0. The SMILES string of the molecule is S=C(c1ccc(OCCOc2ccccc2)cc1)N1CCc2ccccc2C1. The maximum atomic E-state index is 5.77. The number of thiocarbonyl (C=S) groups is 1. The Balaban J connectivity index is 1.29. The molecule has 1 heterocycles. The Kier molecular flexibility index (Phi) is 5.88. The first kappa shape index (κ1) is 18.5. The molecule has 1 aliphatic heterocycles. The summed E-state index contributed by atoms with van der Waals surface area (Å²) in [5.41, 5.74) is 3.86. The lowest BCUT2D eigenvalue weighted by Gasteiger charge is -2.31. The summed E-state index contributed by atoms with van der Waals surface area (Å²) in [6.45, 7) is 2.86. The zero-order valence-electron chi connectivity index (χ0n) is 15.7. The van der Waals surface area contributed by atoms with Crippen LogP contribution in [-0.2, 0) is 13.0 Å². The summed E-state index contributed by atoms with van der Waals surface area (Å²) >= 11 is 5.74. The van der Waals surface area contributed by atoms with Crippen LogP contribution in [0.2, 0.25) is 0 Å². The fourth-order valence-corrected chi connectivity index (χ4v) is 3.67. The van der Waals surface area contributed by atoms with Crippen molar-refractivity contribution in [3.63, 3.8) is 0 Å².